The second-order valence-corrected chi connectivity index (χ2v) is 8.17. The summed E-state index contributed by atoms with van der Waals surface area (Å²) in [4.78, 5) is 6.83. The van der Waals surface area contributed by atoms with Crippen LogP contribution in [0.1, 0.15) is 30.4 Å². The van der Waals surface area contributed by atoms with Gasteiger partial charge in [0.2, 0.25) is 0 Å². The number of hydrogen-bond acceptors (Lipinski definition) is 4. The summed E-state index contributed by atoms with van der Waals surface area (Å²) in [7, 11) is 3.51. The SMILES string of the molecule is CN=C(NCCCOC1CCN(Cc2ccccc2)CC1)NCCc1ccccc1OC. The van der Waals surface area contributed by atoms with E-state index >= 15 is 0 Å². The van der Waals surface area contributed by atoms with Crippen LogP contribution >= 0.6 is 0 Å². The van der Waals surface area contributed by atoms with Gasteiger partial charge in [0.1, 0.15) is 5.75 Å². The van der Waals surface area contributed by atoms with Crippen molar-refractivity contribution in [1.82, 2.24) is 15.5 Å². The molecule has 2 aromatic rings. The molecule has 1 saturated heterocycles. The van der Waals surface area contributed by atoms with Gasteiger partial charge >= 0.3 is 0 Å². The second kappa shape index (κ2) is 13.8. The number of likely N-dealkylation sites (tertiary alicyclic amines) is 1. The Hall–Kier alpha value is -2.57. The summed E-state index contributed by atoms with van der Waals surface area (Å²) in [5, 5.41) is 6.75. The fourth-order valence-electron chi connectivity index (χ4n) is 4.05. The molecule has 0 spiro atoms. The van der Waals surface area contributed by atoms with Gasteiger partial charge in [-0.2, -0.15) is 0 Å². The van der Waals surface area contributed by atoms with Crippen LogP contribution in [0.5, 0.6) is 5.75 Å². The summed E-state index contributed by atoms with van der Waals surface area (Å²) in [6.07, 6.45) is 4.48. The highest BCUT2D eigenvalue weighted by Crippen LogP contribution is 2.17. The Morgan fingerprint density at radius 3 is 2.47 bits per heavy atom. The van der Waals surface area contributed by atoms with Crippen LogP contribution < -0.4 is 15.4 Å². The van der Waals surface area contributed by atoms with E-state index in [1.807, 2.05) is 18.2 Å². The summed E-state index contributed by atoms with van der Waals surface area (Å²) in [5.74, 6) is 1.76. The Balaban J connectivity index is 1.23. The lowest BCUT2D eigenvalue weighted by atomic mass is 10.1. The lowest BCUT2D eigenvalue weighted by Crippen LogP contribution is -2.39. The normalized spacial score (nSPS) is 15.5. The molecule has 0 aromatic heterocycles. The molecule has 174 valence electrons. The minimum atomic E-state index is 0.389. The zero-order valence-electron chi connectivity index (χ0n) is 19.6. The van der Waals surface area contributed by atoms with Crippen molar-refractivity contribution < 1.29 is 9.47 Å². The van der Waals surface area contributed by atoms with Gasteiger partial charge in [-0.25, -0.2) is 0 Å². The van der Waals surface area contributed by atoms with Gasteiger partial charge in [0.15, 0.2) is 5.96 Å². The topological polar surface area (TPSA) is 58.1 Å². The van der Waals surface area contributed by atoms with Crippen LogP contribution in [0, 0.1) is 0 Å². The van der Waals surface area contributed by atoms with Gasteiger partial charge in [-0.1, -0.05) is 48.5 Å². The monoisotopic (exact) mass is 438 g/mol. The Kier molecular flexibility index (Phi) is 10.4. The summed E-state index contributed by atoms with van der Waals surface area (Å²) >= 11 is 0. The Morgan fingerprint density at radius 1 is 1.00 bits per heavy atom. The van der Waals surface area contributed by atoms with Crippen LogP contribution in [-0.4, -0.2) is 63.9 Å². The fraction of sp³-hybridized carbons (Fsp3) is 0.500. The predicted octanol–water partition coefficient (Wildman–Crippen LogP) is 3.47. The molecule has 2 N–H and O–H groups in total. The van der Waals surface area contributed by atoms with E-state index in [4.69, 9.17) is 9.47 Å². The summed E-state index contributed by atoms with van der Waals surface area (Å²) in [6.45, 7) is 5.70. The Labute approximate surface area is 193 Å². The number of aliphatic imine (C=N–C) groups is 1. The van der Waals surface area contributed by atoms with Crippen LogP contribution in [0.15, 0.2) is 59.6 Å². The zero-order valence-corrected chi connectivity index (χ0v) is 19.6. The number of nitrogens with one attached hydrogen (secondary N) is 2. The first kappa shape index (κ1) is 24.1. The highest BCUT2D eigenvalue weighted by atomic mass is 16.5. The maximum Gasteiger partial charge on any atom is 0.190 e. The van der Waals surface area contributed by atoms with Gasteiger partial charge in [-0.3, -0.25) is 9.89 Å². The molecule has 3 rings (SSSR count). The van der Waals surface area contributed by atoms with Gasteiger partial charge in [0, 0.05) is 46.4 Å². The molecular formula is C26H38N4O2. The van der Waals surface area contributed by atoms with Crippen LogP contribution in [0.25, 0.3) is 0 Å². The van der Waals surface area contributed by atoms with Gasteiger partial charge in [-0.15, -0.1) is 0 Å². The van der Waals surface area contributed by atoms with Crippen molar-refractivity contribution in [3.05, 3.63) is 65.7 Å². The molecule has 0 aliphatic carbocycles. The molecule has 32 heavy (non-hydrogen) atoms. The number of piperidine rings is 1. The van der Waals surface area contributed by atoms with Gasteiger partial charge in [-0.05, 0) is 42.9 Å². The van der Waals surface area contributed by atoms with E-state index in [0.717, 1.165) is 76.7 Å². The quantitative estimate of drug-likeness (QED) is 0.320. The van der Waals surface area contributed by atoms with E-state index in [1.165, 1.54) is 11.1 Å². The molecule has 1 heterocycles. The van der Waals surface area contributed by atoms with E-state index in [2.05, 4.69) is 56.9 Å². The van der Waals surface area contributed by atoms with Crippen LogP contribution in [0.4, 0.5) is 0 Å². The van der Waals surface area contributed by atoms with Gasteiger partial charge in [0.05, 0.1) is 13.2 Å². The minimum Gasteiger partial charge on any atom is -0.496 e. The number of nitrogens with zero attached hydrogens (tertiary/aromatic N) is 2. The Bertz CT molecular complexity index is 804. The van der Waals surface area contributed by atoms with Crippen LogP contribution in [-0.2, 0) is 17.7 Å². The van der Waals surface area contributed by atoms with Crippen molar-refractivity contribution in [2.75, 3.05) is 46.9 Å². The second-order valence-electron chi connectivity index (χ2n) is 8.17. The molecule has 1 aliphatic heterocycles. The van der Waals surface area contributed by atoms with Crippen LogP contribution in [0.2, 0.25) is 0 Å². The van der Waals surface area contributed by atoms with E-state index in [-0.39, 0.29) is 0 Å². The van der Waals surface area contributed by atoms with Crippen molar-refractivity contribution in [3.63, 3.8) is 0 Å². The van der Waals surface area contributed by atoms with E-state index in [0.29, 0.717) is 6.10 Å². The minimum absolute atomic E-state index is 0.389. The molecule has 2 aromatic carbocycles. The average Bonchev–Trinajstić information content (AvgIpc) is 2.84. The number of rotatable bonds is 11. The largest absolute Gasteiger partial charge is 0.496 e. The number of guanidine groups is 1. The highest BCUT2D eigenvalue weighted by molar-refractivity contribution is 5.79. The molecule has 0 atom stereocenters. The molecule has 0 bridgehead atoms. The third-order valence-electron chi connectivity index (χ3n) is 5.85. The standard InChI is InChI=1S/C26H38N4O2/c1-27-26(29-17-13-23-11-6-7-12-25(23)31-2)28-16-8-20-32-24-14-18-30(19-15-24)21-22-9-4-3-5-10-22/h3-7,9-12,24H,8,13-21H2,1-2H3,(H2,27,28,29). The highest BCUT2D eigenvalue weighted by Gasteiger charge is 2.19. The third kappa shape index (κ3) is 8.17. The van der Waals surface area contributed by atoms with Crippen molar-refractivity contribution in [3.8, 4) is 5.75 Å². The van der Waals surface area contributed by atoms with E-state index in [9.17, 15) is 0 Å². The summed E-state index contributed by atoms with van der Waals surface area (Å²) < 4.78 is 11.5. The number of para-hydroxylation sites is 1. The number of ether oxygens (including phenoxy) is 2. The maximum atomic E-state index is 6.12. The lowest BCUT2D eigenvalue weighted by Gasteiger charge is -2.32. The smallest absolute Gasteiger partial charge is 0.190 e. The predicted molar refractivity (Wildman–Crippen MR) is 131 cm³/mol. The average molecular weight is 439 g/mol. The van der Waals surface area contributed by atoms with Crippen LogP contribution in [0.3, 0.4) is 0 Å². The summed E-state index contributed by atoms with van der Waals surface area (Å²) in [5.41, 5.74) is 2.59. The number of methoxy groups -OCH3 is 1. The first-order valence-electron chi connectivity index (χ1n) is 11.7. The zero-order chi connectivity index (χ0) is 22.4. The molecular weight excluding hydrogens is 400 g/mol. The lowest BCUT2D eigenvalue weighted by molar-refractivity contribution is 0.00534. The van der Waals surface area contributed by atoms with Crippen molar-refractivity contribution in [2.24, 2.45) is 4.99 Å². The van der Waals surface area contributed by atoms with Crippen molar-refractivity contribution in [1.29, 1.82) is 0 Å². The van der Waals surface area contributed by atoms with Gasteiger partial charge in [0.25, 0.3) is 0 Å². The number of hydrogen-bond donors (Lipinski definition) is 2. The third-order valence-corrected chi connectivity index (χ3v) is 5.85. The first-order chi connectivity index (χ1) is 15.8. The van der Waals surface area contributed by atoms with E-state index < -0.39 is 0 Å². The molecule has 0 amide bonds. The molecule has 0 radical (unpaired) electrons. The molecule has 1 fully saturated rings. The maximum absolute atomic E-state index is 6.12. The molecule has 6 nitrogen and oxygen atoms in total. The summed E-state index contributed by atoms with van der Waals surface area (Å²) in [6, 6.07) is 18.8. The number of benzene rings is 2. The van der Waals surface area contributed by atoms with Crippen molar-refractivity contribution >= 4 is 5.96 Å². The molecule has 0 unspecified atom stereocenters. The van der Waals surface area contributed by atoms with E-state index in [1.54, 1.807) is 14.2 Å². The molecule has 1 aliphatic rings. The Morgan fingerprint density at radius 2 is 1.72 bits per heavy atom. The van der Waals surface area contributed by atoms with Crippen molar-refractivity contribution in [2.45, 2.75) is 38.3 Å². The fourth-order valence-corrected chi connectivity index (χ4v) is 4.05. The van der Waals surface area contributed by atoms with Gasteiger partial charge < -0.3 is 20.1 Å². The first-order valence-corrected chi connectivity index (χ1v) is 11.7. The molecule has 0 saturated carbocycles. The molecule has 6 heteroatoms.